The number of methoxy groups -OCH3 is 1. The molecule has 0 amide bonds. The number of hydrogen-bond acceptors (Lipinski definition) is 4. The monoisotopic (exact) mass is 370 g/mol. The Morgan fingerprint density at radius 1 is 1.04 bits per heavy atom. The summed E-state index contributed by atoms with van der Waals surface area (Å²) in [5.41, 5.74) is 0.889. The summed E-state index contributed by atoms with van der Waals surface area (Å²) in [5.74, 6) is -0.456. The molecular formula is C17H13F3O2S2. The van der Waals surface area contributed by atoms with Crippen LogP contribution in [-0.2, 0) is 10.9 Å². The lowest BCUT2D eigenvalue weighted by Crippen LogP contribution is -2.09. The molecule has 0 aliphatic heterocycles. The average molecular weight is 370 g/mol. The van der Waals surface area contributed by atoms with Gasteiger partial charge >= 0.3 is 12.1 Å². The van der Waals surface area contributed by atoms with Gasteiger partial charge in [-0.3, -0.25) is 0 Å². The van der Waals surface area contributed by atoms with Crippen molar-refractivity contribution in [3.8, 4) is 0 Å². The van der Waals surface area contributed by atoms with Gasteiger partial charge in [-0.25, -0.2) is 4.79 Å². The van der Waals surface area contributed by atoms with Crippen LogP contribution >= 0.6 is 24.8 Å². The molecule has 2 aromatic rings. The summed E-state index contributed by atoms with van der Waals surface area (Å²) in [6.07, 6.45) is -4.38. The Labute approximate surface area is 148 Å². The molecule has 7 heteroatoms. The first-order valence-electron chi connectivity index (χ1n) is 6.82. The van der Waals surface area contributed by atoms with Crippen molar-refractivity contribution >= 4 is 35.7 Å². The summed E-state index contributed by atoms with van der Waals surface area (Å²) in [6.45, 7) is 0. The first-order valence-corrected chi connectivity index (χ1v) is 7.74. The normalized spacial score (nSPS) is 12.5. The van der Waals surface area contributed by atoms with Gasteiger partial charge in [-0.1, -0.05) is 36.5 Å². The van der Waals surface area contributed by atoms with Crippen LogP contribution in [0.15, 0.2) is 48.5 Å². The minimum atomic E-state index is -4.38. The number of carbonyl (C=O) groups excluding carboxylic acids is 1. The van der Waals surface area contributed by atoms with Gasteiger partial charge in [0.25, 0.3) is 0 Å². The van der Waals surface area contributed by atoms with Gasteiger partial charge in [0.15, 0.2) is 0 Å². The molecule has 2 nitrogen and oxygen atoms in total. The van der Waals surface area contributed by atoms with Gasteiger partial charge in [0.05, 0.1) is 23.5 Å². The highest BCUT2D eigenvalue weighted by molar-refractivity contribution is 7.86. The summed E-state index contributed by atoms with van der Waals surface area (Å²) >= 11 is 9.76. The summed E-state index contributed by atoms with van der Waals surface area (Å²) in [7, 11) is 1.29. The van der Waals surface area contributed by atoms with Crippen molar-refractivity contribution in [1.82, 2.24) is 0 Å². The molecule has 0 bridgehead atoms. The van der Waals surface area contributed by atoms with E-state index in [2.05, 4.69) is 17.4 Å². The predicted octanol–water partition coefficient (Wildman–Crippen LogP) is 4.88. The molecule has 1 atom stereocenters. The van der Waals surface area contributed by atoms with Crippen molar-refractivity contribution in [3.63, 3.8) is 0 Å². The Morgan fingerprint density at radius 3 is 2.00 bits per heavy atom. The van der Waals surface area contributed by atoms with Crippen molar-refractivity contribution in [2.45, 2.75) is 11.4 Å². The molecule has 2 aromatic carbocycles. The third-order valence-corrected chi connectivity index (χ3v) is 4.60. The van der Waals surface area contributed by atoms with Crippen molar-refractivity contribution in [2.75, 3.05) is 7.11 Å². The van der Waals surface area contributed by atoms with E-state index in [1.165, 1.54) is 19.2 Å². The maximum Gasteiger partial charge on any atom is 0.416 e. The molecular weight excluding hydrogens is 357 g/mol. The molecule has 0 saturated heterocycles. The molecule has 2 rings (SSSR count). The summed E-state index contributed by atoms with van der Waals surface area (Å²) < 4.78 is 42.4. The Kier molecular flexibility index (Phi) is 5.66. The Bertz CT molecular complexity index is 738. The van der Waals surface area contributed by atoms with Crippen LogP contribution in [0.5, 0.6) is 0 Å². The minimum absolute atomic E-state index is 0.391. The predicted molar refractivity (Wildman–Crippen MR) is 92.7 cm³/mol. The number of esters is 1. The quantitative estimate of drug-likeness (QED) is 0.360. The average Bonchev–Trinajstić information content (AvgIpc) is 2.59. The summed E-state index contributed by atoms with van der Waals surface area (Å²) in [4.78, 5) is 11.8. The Morgan fingerprint density at radius 2 is 1.54 bits per heavy atom. The lowest BCUT2D eigenvalue weighted by Gasteiger charge is -2.14. The second kappa shape index (κ2) is 7.36. The molecule has 24 heavy (non-hydrogen) atoms. The fourth-order valence-electron chi connectivity index (χ4n) is 2.05. The van der Waals surface area contributed by atoms with E-state index in [1.807, 2.05) is 0 Å². The van der Waals surface area contributed by atoms with E-state index in [9.17, 15) is 18.0 Å². The smallest absolute Gasteiger partial charge is 0.416 e. The van der Waals surface area contributed by atoms with E-state index in [0.29, 0.717) is 16.0 Å². The molecule has 126 valence electrons. The number of alkyl halides is 3. The molecule has 0 N–H and O–H groups in total. The van der Waals surface area contributed by atoms with Gasteiger partial charge in [0.1, 0.15) is 0 Å². The van der Waals surface area contributed by atoms with E-state index in [0.717, 1.165) is 17.7 Å². The highest BCUT2D eigenvalue weighted by Crippen LogP contribution is 2.31. The van der Waals surface area contributed by atoms with E-state index in [-0.39, 0.29) is 0 Å². The summed E-state index contributed by atoms with van der Waals surface area (Å²) in [5, 5.41) is -0.483. The number of thiol groups is 1. The van der Waals surface area contributed by atoms with E-state index in [1.54, 1.807) is 24.3 Å². The molecule has 1 unspecified atom stereocenters. The molecule has 0 fully saturated rings. The largest absolute Gasteiger partial charge is 0.465 e. The zero-order chi connectivity index (χ0) is 17.9. The van der Waals surface area contributed by atoms with Crippen LogP contribution in [0.3, 0.4) is 0 Å². The third-order valence-electron chi connectivity index (χ3n) is 3.39. The van der Waals surface area contributed by atoms with Crippen molar-refractivity contribution in [3.05, 3.63) is 70.8 Å². The van der Waals surface area contributed by atoms with Gasteiger partial charge in [-0.15, -0.1) is 0 Å². The van der Waals surface area contributed by atoms with E-state index < -0.39 is 23.0 Å². The van der Waals surface area contributed by atoms with Crippen molar-refractivity contribution in [2.24, 2.45) is 0 Å². The summed E-state index contributed by atoms with van der Waals surface area (Å²) in [6, 6.07) is 11.2. The molecule has 0 radical (unpaired) electrons. The second-order valence-electron chi connectivity index (χ2n) is 4.96. The van der Waals surface area contributed by atoms with Crippen molar-refractivity contribution < 1.29 is 22.7 Å². The number of ether oxygens (including phenoxy) is 1. The lowest BCUT2D eigenvalue weighted by atomic mass is 10.0. The number of hydrogen-bond donors (Lipinski definition) is 1. The third kappa shape index (κ3) is 4.15. The number of benzene rings is 2. The van der Waals surface area contributed by atoms with Crippen LogP contribution in [0.1, 0.15) is 32.3 Å². The molecule has 0 aliphatic carbocycles. The molecule has 0 aromatic heterocycles. The second-order valence-corrected chi connectivity index (χ2v) is 5.91. The zero-order valence-electron chi connectivity index (χ0n) is 12.5. The first-order chi connectivity index (χ1) is 11.2. The number of carbonyl (C=O) groups is 1. The number of thiocarbonyl (C=S) groups is 1. The van der Waals surface area contributed by atoms with Crippen LogP contribution in [0.4, 0.5) is 13.2 Å². The van der Waals surface area contributed by atoms with E-state index >= 15 is 0 Å². The molecule has 0 saturated carbocycles. The van der Waals surface area contributed by atoms with Gasteiger partial charge < -0.3 is 4.74 Å². The van der Waals surface area contributed by atoms with Crippen LogP contribution in [0.25, 0.3) is 0 Å². The fourth-order valence-corrected chi connectivity index (χ4v) is 2.65. The highest BCUT2D eigenvalue weighted by atomic mass is 32.1. The van der Waals surface area contributed by atoms with Crippen LogP contribution < -0.4 is 0 Å². The van der Waals surface area contributed by atoms with Crippen LogP contribution in [0.2, 0.25) is 0 Å². The minimum Gasteiger partial charge on any atom is -0.465 e. The standard InChI is InChI=1S/C17H13F3O2S2/c1-22-16(21)12-4-2-10(3-5-12)14(23)15(24)11-6-8-13(9-7-11)17(18,19)20/h2-9,14,23H,1H3. The number of rotatable bonds is 4. The van der Waals surface area contributed by atoms with Gasteiger partial charge in [0.2, 0.25) is 0 Å². The highest BCUT2D eigenvalue weighted by Gasteiger charge is 2.30. The van der Waals surface area contributed by atoms with Gasteiger partial charge in [0, 0.05) is 4.86 Å². The van der Waals surface area contributed by atoms with Gasteiger partial charge in [-0.2, -0.15) is 25.8 Å². The fraction of sp³-hybridized carbons (Fsp3) is 0.176. The Hall–Kier alpha value is -1.86. The molecule has 0 spiro atoms. The van der Waals surface area contributed by atoms with E-state index in [4.69, 9.17) is 12.2 Å². The topological polar surface area (TPSA) is 26.3 Å². The van der Waals surface area contributed by atoms with Crippen molar-refractivity contribution in [1.29, 1.82) is 0 Å². The lowest BCUT2D eigenvalue weighted by molar-refractivity contribution is -0.137. The van der Waals surface area contributed by atoms with Gasteiger partial charge in [-0.05, 0) is 35.4 Å². The molecule has 0 heterocycles. The maximum absolute atomic E-state index is 12.6. The van der Waals surface area contributed by atoms with Crippen LogP contribution in [0, 0.1) is 0 Å². The number of halogens is 3. The SMILES string of the molecule is COC(=O)c1ccc(C(S)C(=S)c2ccc(C(F)(F)F)cc2)cc1. The Balaban J connectivity index is 2.18. The first kappa shape index (κ1) is 18.5. The maximum atomic E-state index is 12.6. The zero-order valence-corrected chi connectivity index (χ0v) is 14.2. The molecule has 0 aliphatic rings. The van der Waals surface area contributed by atoms with Crippen LogP contribution in [-0.4, -0.2) is 17.9 Å².